The molecule has 1 heterocycles. The highest BCUT2D eigenvalue weighted by Crippen LogP contribution is 2.19. The molecule has 0 spiro atoms. The molecule has 7 heteroatoms. The number of aryl methyl sites for hydroxylation is 2. The van der Waals surface area contributed by atoms with Crippen molar-refractivity contribution in [3.05, 3.63) is 59.2 Å². The molecule has 0 saturated carbocycles. The minimum atomic E-state index is -0.422. The van der Waals surface area contributed by atoms with Gasteiger partial charge in [0.15, 0.2) is 6.61 Å². The van der Waals surface area contributed by atoms with Crippen LogP contribution in [0.15, 0.2) is 42.5 Å². The molecule has 31 heavy (non-hydrogen) atoms. The second kappa shape index (κ2) is 10.3. The number of piperazine rings is 1. The summed E-state index contributed by atoms with van der Waals surface area (Å²) < 4.78 is 5.55. The van der Waals surface area contributed by atoms with Crippen LogP contribution in [0, 0.1) is 13.8 Å². The fourth-order valence-corrected chi connectivity index (χ4v) is 3.56. The molecule has 0 bridgehead atoms. The first-order valence-corrected chi connectivity index (χ1v) is 10.7. The summed E-state index contributed by atoms with van der Waals surface area (Å²) in [6, 6.07) is 13.8. The number of hydrazine groups is 1. The van der Waals surface area contributed by atoms with E-state index >= 15 is 0 Å². The molecule has 0 unspecified atom stereocenters. The first-order chi connectivity index (χ1) is 14.8. The number of amides is 2. The Bertz CT molecular complexity index is 904. The summed E-state index contributed by atoms with van der Waals surface area (Å²) in [5, 5.41) is 0. The van der Waals surface area contributed by atoms with Crippen molar-refractivity contribution in [3.63, 3.8) is 0 Å². The van der Waals surface area contributed by atoms with Crippen LogP contribution in [0.3, 0.4) is 0 Å². The molecule has 3 rings (SSSR count). The van der Waals surface area contributed by atoms with Gasteiger partial charge in [0.25, 0.3) is 11.8 Å². The molecule has 2 aromatic rings. The maximum absolute atomic E-state index is 12.3. The van der Waals surface area contributed by atoms with Crippen molar-refractivity contribution >= 4 is 17.5 Å². The molecule has 1 aliphatic rings. The van der Waals surface area contributed by atoms with Gasteiger partial charge in [0.1, 0.15) is 5.75 Å². The Kier molecular flexibility index (Phi) is 7.52. The van der Waals surface area contributed by atoms with Gasteiger partial charge in [-0.1, -0.05) is 12.1 Å². The van der Waals surface area contributed by atoms with Crippen molar-refractivity contribution in [2.75, 3.05) is 37.7 Å². The van der Waals surface area contributed by atoms with E-state index < -0.39 is 5.91 Å². The molecule has 2 aromatic carbocycles. The van der Waals surface area contributed by atoms with Gasteiger partial charge >= 0.3 is 0 Å². The summed E-state index contributed by atoms with van der Waals surface area (Å²) >= 11 is 0. The standard InChI is InChI=1S/C24H32N4O3/c1-17(2)27-11-13-28(14-12-27)21-9-7-20(8-10-21)24(30)26-25-23(29)16-31-22-15-18(3)5-6-19(22)4/h5-10,15,17H,11-14,16H2,1-4H3,(H,25,29)(H,26,30). The molecule has 1 saturated heterocycles. The van der Waals surface area contributed by atoms with Crippen molar-refractivity contribution in [2.24, 2.45) is 0 Å². The number of rotatable bonds is 6. The van der Waals surface area contributed by atoms with Crippen LogP contribution in [0.2, 0.25) is 0 Å². The molecule has 7 nitrogen and oxygen atoms in total. The molecule has 0 aromatic heterocycles. The number of benzene rings is 2. The van der Waals surface area contributed by atoms with E-state index in [-0.39, 0.29) is 12.5 Å². The van der Waals surface area contributed by atoms with Crippen molar-refractivity contribution < 1.29 is 14.3 Å². The van der Waals surface area contributed by atoms with Gasteiger partial charge in [0, 0.05) is 43.5 Å². The molecule has 166 valence electrons. The second-order valence-electron chi connectivity index (χ2n) is 8.22. The van der Waals surface area contributed by atoms with Crippen LogP contribution in [0.5, 0.6) is 5.75 Å². The van der Waals surface area contributed by atoms with E-state index in [2.05, 4.69) is 34.5 Å². The molecular formula is C24H32N4O3. The Balaban J connectivity index is 1.45. The van der Waals surface area contributed by atoms with E-state index in [1.54, 1.807) is 12.1 Å². The third-order valence-electron chi connectivity index (χ3n) is 5.56. The van der Waals surface area contributed by atoms with Gasteiger partial charge in [0.05, 0.1) is 0 Å². The topological polar surface area (TPSA) is 73.9 Å². The molecule has 2 N–H and O–H groups in total. The molecule has 1 aliphatic heterocycles. The average molecular weight is 425 g/mol. The maximum Gasteiger partial charge on any atom is 0.276 e. The smallest absolute Gasteiger partial charge is 0.276 e. The van der Waals surface area contributed by atoms with E-state index in [1.807, 2.05) is 44.2 Å². The van der Waals surface area contributed by atoms with Crippen LogP contribution < -0.4 is 20.5 Å². The van der Waals surface area contributed by atoms with E-state index in [0.29, 0.717) is 17.4 Å². The summed E-state index contributed by atoms with van der Waals surface area (Å²) in [5.41, 5.74) is 8.43. The average Bonchev–Trinajstić information content (AvgIpc) is 2.78. The Morgan fingerprint density at radius 2 is 1.65 bits per heavy atom. The Hall–Kier alpha value is -3.06. The number of carbonyl (C=O) groups excluding carboxylic acids is 2. The van der Waals surface area contributed by atoms with Gasteiger partial charge in [0.2, 0.25) is 0 Å². The molecule has 1 fully saturated rings. The lowest BCUT2D eigenvalue weighted by Crippen LogP contribution is -2.48. The highest BCUT2D eigenvalue weighted by molar-refractivity contribution is 5.95. The van der Waals surface area contributed by atoms with E-state index in [9.17, 15) is 9.59 Å². The Morgan fingerprint density at radius 3 is 2.29 bits per heavy atom. The van der Waals surface area contributed by atoms with Gasteiger partial charge in [-0.05, 0) is 69.2 Å². The zero-order chi connectivity index (χ0) is 22.4. The third-order valence-corrected chi connectivity index (χ3v) is 5.56. The number of ether oxygens (including phenoxy) is 1. The number of carbonyl (C=O) groups is 2. The lowest BCUT2D eigenvalue weighted by atomic mass is 10.1. The fraction of sp³-hybridized carbons (Fsp3) is 0.417. The molecule has 0 radical (unpaired) electrons. The molecular weight excluding hydrogens is 392 g/mol. The van der Waals surface area contributed by atoms with Gasteiger partial charge in [-0.2, -0.15) is 0 Å². The minimum absolute atomic E-state index is 0.175. The molecule has 0 atom stereocenters. The van der Waals surface area contributed by atoms with Crippen LogP contribution in [0.4, 0.5) is 5.69 Å². The van der Waals surface area contributed by atoms with Crippen molar-refractivity contribution in [3.8, 4) is 5.75 Å². The van der Waals surface area contributed by atoms with Gasteiger partial charge in [-0.3, -0.25) is 25.3 Å². The summed E-state index contributed by atoms with van der Waals surface area (Å²) in [7, 11) is 0. The normalized spacial score (nSPS) is 14.4. The number of nitrogens with one attached hydrogen (secondary N) is 2. The maximum atomic E-state index is 12.3. The minimum Gasteiger partial charge on any atom is -0.483 e. The zero-order valence-corrected chi connectivity index (χ0v) is 18.8. The lowest BCUT2D eigenvalue weighted by molar-refractivity contribution is -0.123. The van der Waals surface area contributed by atoms with Crippen molar-refractivity contribution in [1.29, 1.82) is 0 Å². The summed E-state index contributed by atoms with van der Waals surface area (Å²) in [6.07, 6.45) is 0. The number of anilines is 1. The highest BCUT2D eigenvalue weighted by Gasteiger charge is 2.19. The predicted molar refractivity (Wildman–Crippen MR) is 122 cm³/mol. The summed E-state index contributed by atoms with van der Waals surface area (Å²) in [4.78, 5) is 29.2. The first kappa shape index (κ1) is 22.6. The summed E-state index contributed by atoms with van der Waals surface area (Å²) in [5.74, 6) is -0.128. The fourth-order valence-electron chi connectivity index (χ4n) is 3.56. The van der Waals surface area contributed by atoms with Gasteiger partial charge in [-0.25, -0.2) is 0 Å². The molecule has 2 amide bonds. The largest absolute Gasteiger partial charge is 0.483 e. The van der Waals surface area contributed by atoms with Crippen molar-refractivity contribution in [1.82, 2.24) is 15.8 Å². The number of nitrogens with zero attached hydrogens (tertiary/aromatic N) is 2. The highest BCUT2D eigenvalue weighted by atomic mass is 16.5. The van der Waals surface area contributed by atoms with Gasteiger partial charge in [-0.15, -0.1) is 0 Å². The number of hydrogen-bond acceptors (Lipinski definition) is 5. The molecule has 0 aliphatic carbocycles. The third kappa shape index (κ3) is 6.21. The van der Waals surface area contributed by atoms with Crippen LogP contribution in [0.25, 0.3) is 0 Å². The van der Waals surface area contributed by atoms with Crippen LogP contribution in [-0.4, -0.2) is 55.5 Å². The lowest BCUT2D eigenvalue weighted by Gasteiger charge is -2.38. The van der Waals surface area contributed by atoms with Crippen LogP contribution in [-0.2, 0) is 4.79 Å². The Morgan fingerprint density at radius 1 is 0.968 bits per heavy atom. The monoisotopic (exact) mass is 424 g/mol. The van der Waals surface area contributed by atoms with Crippen LogP contribution in [0.1, 0.15) is 35.3 Å². The van der Waals surface area contributed by atoms with E-state index in [1.165, 1.54) is 0 Å². The zero-order valence-electron chi connectivity index (χ0n) is 18.8. The van der Waals surface area contributed by atoms with Gasteiger partial charge < -0.3 is 9.64 Å². The quantitative estimate of drug-likeness (QED) is 0.698. The predicted octanol–water partition coefficient (Wildman–Crippen LogP) is 2.67. The van der Waals surface area contributed by atoms with E-state index in [4.69, 9.17) is 4.74 Å². The van der Waals surface area contributed by atoms with Crippen molar-refractivity contribution in [2.45, 2.75) is 33.7 Å². The Labute approximate surface area is 184 Å². The number of hydrogen-bond donors (Lipinski definition) is 2. The SMILES string of the molecule is Cc1ccc(C)c(OCC(=O)NNC(=O)c2ccc(N3CCN(C(C)C)CC3)cc2)c1. The first-order valence-electron chi connectivity index (χ1n) is 10.7. The van der Waals surface area contributed by atoms with E-state index in [0.717, 1.165) is 43.0 Å². The summed E-state index contributed by atoms with van der Waals surface area (Å²) in [6.45, 7) is 12.2. The second-order valence-corrected chi connectivity index (χ2v) is 8.22. The van der Waals surface area contributed by atoms with Crippen LogP contribution >= 0.6 is 0 Å².